The summed E-state index contributed by atoms with van der Waals surface area (Å²) in [5.74, 6) is 0.324. The monoisotopic (exact) mass is 390 g/mol. The molecular weight excluding hydrogens is 372 g/mol. The Morgan fingerprint density at radius 1 is 1.13 bits per heavy atom. The highest BCUT2D eigenvalue weighted by atomic mass is 79.9. The van der Waals surface area contributed by atoms with E-state index in [1.165, 1.54) is 0 Å². The molecule has 4 heteroatoms. The molecule has 1 saturated carbocycles. The molecule has 1 unspecified atom stereocenters. The number of benzene rings is 2. The van der Waals surface area contributed by atoms with Gasteiger partial charge in [-0.05, 0) is 61.1 Å². The smallest absolute Gasteiger partial charge is 0.189 e. The van der Waals surface area contributed by atoms with Crippen molar-refractivity contribution in [3.8, 4) is 0 Å². The summed E-state index contributed by atoms with van der Waals surface area (Å²) in [6.07, 6.45) is 2.08. The summed E-state index contributed by atoms with van der Waals surface area (Å²) >= 11 is 3.36. The zero-order valence-electron chi connectivity index (χ0n) is 13.0. The van der Waals surface area contributed by atoms with Crippen LogP contribution in [0.2, 0.25) is 0 Å². The second-order valence-corrected chi connectivity index (χ2v) is 9.03. The average Bonchev–Trinajstić information content (AvgIpc) is 3.34. The van der Waals surface area contributed by atoms with Crippen LogP contribution in [0.5, 0.6) is 0 Å². The van der Waals surface area contributed by atoms with Gasteiger partial charge < -0.3 is 0 Å². The van der Waals surface area contributed by atoms with Crippen molar-refractivity contribution < 1.29 is 8.42 Å². The van der Waals surface area contributed by atoms with E-state index in [1.807, 2.05) is 31.2 Å². The second kappa shape index (κ2) is 6.25. The molecule has 0 aliphatic heterocycles. The Balaban J connectivity index is 2.13. The van der Waals surface area contributed by atoms with Crippen LogP contribution < -0.4 is 0 Å². The van der Waals surface area contributed by atoms with Gasteiger partial charge in [-0.2, -0.15) is 0 Å². The van der Waals surface area contributed by atoms with Gasteiger partial charge in [0.25, 0.3) is 0 Å². The van der Waals surface area contributed by atoms with E-state index in [2.05, 4.69) is 22.5 Å². The Morgan fingerprint density at radius 2 is 1.74 bits per heavy atom. The summed E-state index contributed by atoms with van der Waals surface area (Å²) in [6.45, 7) is 6.11. The van der Waals surface area contributed by atoms with E-state index >= 15 is 0 Å². The van der Waals surface area contributed by atoms with Crippen LogP contribution in [0.25, 0.3) is 0 Å². The van der Waals surface area contributed by atoms with Crippen molar-refractivity contribution in [3.63, 3.8) is 0 Å². The van der Waals surface area contributed by atoms with E-state index in [1.54, 1.807) is 24.3 Å². The lowest BCUT2D eigenvalue weighted by atomic mass is 9.98. The van der Waals surface area contributed by atoms with Gasteiger partial charge in [0.1, 0.15) is 5.25 Å². The summed E-state index contributed by atoms with van der Waals surface area (Å²) in [4.78, 5) is 0.343. The molecule has 3 rings (SSSR count). The largest absolute Gasteiger partial charge is 0.223 e. The van der Waals surface area contributed by atoms with Gasteiger partial charge in [-0.3, -0.25) is 0 Å². The fourth-order valence-electron chi connectivity index (χ4n) is 2.88. The zero-order chi connectivity index (χ0) is 16.6. The van der Waals surface area contributed by atoms with Gasteiger partial charge in [-0.15, -0.1) is 0 Å². The number of sulfone groups is 1. The van der Waals surface area contributed by atoms with Crippen molar-refractivity contribution in [3.05, 3.63) is 76.3 Å². The number of hydrogen-bond donors (Lipinski definition) is 0. The summed E-state index contributed by atoms with van der Waals surface area (Å²) in [6, 6.07) is 14.5. The molecule has 23 heavy (non-hydrogen) atoms. The minimum atomic E-state index is -3.52. The molecule has 2 nitrogen and oxygen atoms in total. The zero-order valence-corrected chi connectivity index (χ0v) is 15.4. The van der Waals surface area contributed by atoms with Crippen LogP contribution in [0.15, 0.2) is 70.1 Å². The maximum atomic E-state index is 13.3. The lowest BCUT2D eigenvalue weighted by molar-refractivity contribution is 0.586. The van der Waals surface area contributed by atoms with E-state index in [9.17, 15) is 8.42 Å². The van der Waals surface area contributed by atoms with Crippen molar-refractivity contribution >= 4 is 25.8 Å². The third-order valence-electron chi connectivity index (χ3n) is 4.36. The maximum absolute atomic E-state index is 13.3. The maximum Gasteiger partial charge on any atom is 0.189 e. The molecule has 2 aromatic rings. The van der Waals surface area contributed by atoms with Crippen LogP contribution in [0.3, 0.4) is 0 Å². The minimum absolute atomic E-state index is 0.324. The molecule has 0 spiro atoms. The highest BCUT2D eigenvalue weighted by Gasteiger charge is 2.38. The first kappa shape index (κ1) is 16.5. The highest BCUT2D eigenvalue weighted by molar-refractivity contribution is 9.10. The van der Waals surface area contributed by atoms with Gasteiger partial charge in [0, 0.05) is 4.47 Å². The first-order valence-corrected chi connectivity index (χ1v) is 9.99. The summed E-state index contributed by atoms with van der Waals surface area (Å²) < 4.78 is 27.5. The Labute approximate surface area is 146 Å². The van der Waals surface area contributed by atoms with Gasteiger partial charge in [0.05, 0.1) is 4.90 Å². The van der Waals surface area contributed by atoms with Crippen molar-refractivity contribution in [1.29, 1.82) is 0 Å². The van der Waals surface area contributed by atoms with Gasteiger partial charge in [-0.1, -0.05) is 52.3 Å². The van der Waals surface area contributed by atoms with E-state index < -0.39 is 15.1 Å². The predicted octanol–water partition coefficient (Wildman–Crippen LogP) is 5.24. The Kier molecular flexibility index (Phi) is 4.47. The molecule has 0 aromatic heterocycles. The second-order valence-electron chi connectivity index (χ2n) is 6.08. The van der Waals surface area contributed by atoms with E-state index in [-0.39, 0.29) is 0 Å². The van der Waals surface area contributed by atoms with Crippen LogP contribution in [0.1, 0.15) is 29.2 Å². The fraction of sp³-hybridized carbons (Fsp3) is 0.263. The molecule has 1 aliphatic rings. The van der Waals surface area contributed by atoms with E-state index in [0.717, 1.165) is 34.0 Å². The highest BCUT2D eigenvalue weighted by Crippen LogP contribution is 2.47. The molecule has 120 valence electrons. The van der Waals surface area contributed by atoms with Crippen molar-refractivity contribution in [2.45, 2.75) is 29.9 Å². The number of aryl methyl sites for hydroxylation is 1. The Hall–Kier alpha value is -1.39. The fourth-order valence-corrected chi connectivity index (χ4v) is 5.12. The standard InChI is InChI=1S/C19H19BrO2S/c1-13-5-3-4-6-18(13)19(14(2)15-7-8-15)23(21,22)17-11-9-16(20)10-12-17/h3-6,9-12,15,19H,2,7-8H2,1H3. The molecule has 1 atom stereocenters. The van der Waals surface area contributed by atoms with Crippen molar-refractivity contribution in [2.75, 3.05) is 0 Å². The Bertz CT molecular complexity index is 834. The average molecular weight is 391 g/mol. The van der Waals surface area contributed by atoms with Gasteiger partial charge in [0.15, 0.2) is 9.84 Å². The molecule has 1 fully saturated rings. The van der Waals surface area contributed by atoms with Crippen LogP contribution in [0.4, 0.5) is 0 Å². The number of halogens is 1. The number of hydrogen-bond acceptors (Lipinski definition) is 2. The van der Waals surface area contributed by atoms with Crippen LogP contribution >= 0.6 is 15.9 Å². The van der Waals surface area contributed by atoms with Crippen LogP contribution in [-0.2, 0) is 9.84 Å². The quantitative estimate of drug-likeness (QED) is 0.654. The van der Waals surface area contributed by atoms with Gasteiger partial charge >= 0.3 is 0 Å². The van der Waals surface area contributed by atoms with E-state index in [4.69, 9.17) is 0 Å². The first-order valence-electron chi connectivity index (χ1n) is 7.65. The topological polar surface area (TPSA) is 34.1 Å². The molecule has 0 radical (unpaired) electrons. The van der Waals surface area contributed by atoms with Crippen LogP contribution in [0, 0.1) is 12.8 Å². The van der Waals surface area contributed by atoms with Crippen LogP contribution in [-0.4, -0.2) is 8.42 Å². The first-order chi connectivity index (χ1) is 10.9. The molecule has 0 saturated heterocycles. The molecule has 2 aromatic carbocycles. The summed E-state index contributed by atoms with van der Waals surface area (Å²) in [5, 5.41) is -0.669. The number of rotatable bonds is 5. The third-order valence-corrected chi connectivity index (χ3v) is 7.00. The van der Waals surface area contributed by atoms with Crippen molar-refractivity contribution in [2.24, 2.45) is 5.92 Å². The normalized spacial score (nSPS) is 16.1. The molecule has 0 bridgehead atoms. The molecular formula is C19H19BrO2S. The minimum Gasteiger partial charge on any atom is -0.223 e. The summed E-state index contributed by atoms with van der Waals surface area (Å²) in [5.41, 5.74) is 2.65. The third kappa shape index (κ3) is 3.29. The van der Waals surface area contributed by atoms with Gasteiger partial charge in [0.2, 0.25) is 0 Å². The molecule has 1 aliphatic carbocycles. The summed E-state index contributed by atoms with van der Waals surface area (Å²) in [7, 11) is -3.52. The Morgan fingerprint density at radius 3 is 2.30 bits per heavy atom. The molecule has 0 N–H and O–H groups in total. The lowest BCUT2D eigenvalue weighted by Gasteiger charge is -2.22. The van der Waals surface area contributed by atoms with Crippen molar-refractivity contribution in [1.82, 2.24) is 0 Å². The predicted molar refractivity (Wildman–Crippen MR) is 97.1 cm³/mol. The molecule has 0 heterocycles. The lowest BCUT2D eigenvalue weighted by Crippen LogP contribution is -2.18. The SMILES string of the molecule is C=C(C1CC1)C(c1ccccc1C)S(=O)(=O)c1ccc(Br)cc1. The van der Waals surface area contributed by atoms with E-state index in [0.29, 0.717) is 10.8 Å². The molecule has 0 amide bonds. The van der Waals surface area contributed by atoms with Gasteiger partial charge in [-0.25, -0.2) is 8.42 Å².